The lowest BCUT2D eigenvalue weighted by Crippen LogP contribution is -2.44. The van der Waals surface area contributed by atoms with Crippen molar-refractivity contribution < 1.29 is 14.3 Å². The fourth-order valence-electron chi connectivity index (χ4n) is 4.96. The fraction of sp³-hybridized carbons (Fsp3) is 0.323. The van der Waals surface area contributed by atoms with Crippen molar-refractivity contribution in [1.82, 2.24) is 20.0 Å². The summed E-state index contributed by atoms with van der Waals surface area (Å²) in [6.07, 6.45) is 3.79. The molecule has 1 amide bonds. The lowest BCUT2D eigenvalue weighted by molar-refractivity contribution is 0.0606. The molecule has 5 rings (SSSR count). The summed E-state index contributed by atoms with van der Waals surface area (Å²) in [7, 11) is 5.41. The summed E-state index contributed by atoms with van der Waals surface area (Å²) in [5.41, 5.74) is 6.61. The van der Waals surface area contributed by atoms with Gasteiger partial charge in [-0.3, -0.25) is 9.48 Å². The Hall–Kier alpha value is -3.95. The Bertz CT molecular complexity index is 1530. The Morgan fingerprint density at radius 2 is 1.73 bits per heavy atom. The molecule has 0 radical (unpaired) electrons. The van der Waals surface area contributed by atoms with Crippen LogP contribution in [0.1, 0.15) is 44.1 Å². The summed E-state index contributed by atoms with van der Waals surface area (Å²) in [5.74, 6) is -0.451. The van der Waals surface area contributed by atoms with E-state index in [2.05, 4.69) is 51.5 Å². The number of rotatable bonds is 7. The van der Waals surface area contributed by atoms with Gasteiger partial charge in [0, 0.05) is 61.1 Å². The van der Waals surface area contributed by atoms with Crippen LogP contribution in [-0.4, -0.2) is 66.9 Å². The third-order valence-corrected chi connectivity index (χ3v) is 8.57. The van der Waals surface area contributed by atoms with Gasteiger partial charge in [0.05, 0.1) is 19.3 Å². The zero-order chi connectivity index (χ0) is 28.4. The number of anilines is 1. The third kappa shape index (κ3) is 5.95. The molecule has 0 saturated carbocycles. The Kier molecular flexibility index (Phi) is 8.04. The molecule has 1 aliphatic rings. The molecule has 2 aromatic carbocycles. The van der Waals surface area contributed by atoms with Crippen molar-refractivity contribution in [3.8, 4) is 21.6 Å². The lowest BCUT2D eigenvalue weighted by Gasteiger charge is -2.34. The molecule has 0 bridgehead atoms. The van der Waals surface area contributed by atoms with Crippen LogP contribution in [0.4, 0.5) is 5.69 Å². The fourth-order valence-corrected chi connectivity index (χ4v) is 5.87. The number of aryl methyl sites for hydroxylation is 2. The van der Waals surface area contributed by atoms with Gasteiger partial charge >= 0.3 is 5.97 Å². The maximum atomic E-state index is 13.6. The average Bonchev–Trinajstić information content (AvgIpc) is 3.63. The van der Waals surface area contributed by atoms with Crippen LogP contribution in [0.3, 0.4) is 0 Å². The average molecular weight is 558 g/mol. The normalized spacial score (nSPS) is 14.7. The smallest absolute Gasteiger partial charge is 0.348 e. The first-order valence-electron chi connectivity index (χ1n) is 13.4. The predicted molar refractivity (Wildman–Crippen MR) is 160 cm³/mol. The molecule has 3 heterocycles. The summed E-state index contributed by atoms with van der Waals surface area (Å²) in [5, 5.41) is 7.57. The number of piperazine rings is 1. The molecule has 2 aromatic heterocycles. The number of ether oxygens (including phenoxy) is 1. The summed E-state index contributed by atoms with van der Waals surface area (Å²) in [6.45, 7) is 7.88. The number of amides is 1. The molecule has 208 valence electrons. The Morgan fingerprint density at radius 3 is 2.42 bits per heavy atom. The van der Waals surface area contributed by atoms with Crippen molar-refractivity contribution in [1.29, 1.82) is 0 Å². The Balaban J connectivity index is 1.43. The molecule has 8 nitrogen and oxygen atoms in total. The predicted octanol–water partition coefficient (Wildman–Crippen LogP) is 5.15. The zero-order valence-corrected chi connectivity index (χ0v) is 24.4. The number of benzene rings is 2. The van der Waals surface area contributed by atoms with Crippen LogP contribution in [0.15, 0.2) is 60.9 Å². The van der Waals surface area contributed by atoms with Crippen LogP contribution in [-0.2, 0) is 11.8 Å². The number of esters is 1. The number of hydrogen-bond donors (Lipinski definition) is 1. The number of nitrogens with one attached hydrogen (secondary N) is 1. The minimum Gasteiger partial charge on any atom is -0.465 e. The summed E-state index contributed by atoms with van der Waals surface area (Å²) in [4.78, 5) is 31.8. The topological polar surface area (TPSA) is 79.7 Å². The lowest BCUT2D eigenvalue weighted by atomic mass is 9.97. The van der Waals surface area contributed by atoms with Crippen molar-refractivity contribution in [3.05, 3.63) is 82.5 Å². The van der Waals surface area contributed by atoms with E-state index in [1.807, 2.05) is 51.5 Å². The molecule has 1 saturated heterocycles. The minimum atomic E-state index is -0.352. The third-order valence-electron chi connectivity index (χ3n) is 7.45. The molecular formula is C31H35N5O3S. The van der Waals surface area contributed by atoms with Gasteiger partial charge < -0.3 is 19.9 Å². The number of methoxy groups -OCH3 is 1. The number of likely N-dealkylation sites (N-methyl/N-ethyl adjacent to an activating group) is 1. The Morgan fingerprint density at radius 1 is 0.975 bits per heavy atom. The van der Waals surface area contributed by atoms with Crippen LogP contribution in [0.25, 0.3) is 21.6 Å². The minimum absolute atomic E-state index is 0.0987. The summed E-state index contributed by atoms with van der Waals surface area (Å²) >= 11 is 1.39. The zero-order valence-electron chi connectivity index (χ0n) is 23.6. The van der Waals surface area contributed by atoms with Crippen molar-refractivity contribution in [3.63, 3.8) is 0 Å². The molecule has 9 heteroatoms. The maximum Gasteiger partial charge on any atom is 0.348 e. The maximum absolute atomic E-state index is 13.6. The van der Waals surface area contributed by atoms with Gasteiger partial charge in [0.2, 0.25) is 0 Å². The van der Waals surface area contributed by atoms with Gasteiger partial charge in [-0.1, -0.05) is 6.07 Å². The number of carbonyl (C=O) groups excluding carboxylic acids is 2. The molecule has 0 spiro atoms. The first kappa shape index (κ1) is 27.6. The van der Waals surface area contributed by atoms with Gasteiger partial charge in [0.25, 0.3) is 5.91 Å². The Labute approximate surface area is 239 Å². The highest BCUT2D eigenvalue weighted by Gasteiger charge is 2.20. The molecule has 1 fully saturated rings. The molecule has 0 unspecified atom stereocenters. The molecule has 1 atom stereocenters. The highest BCUT2D eigenvalue weighted by molar-refractivity contribution is 7.17. The van der Waals surface area contributed by atoms with Crippen LogP contribution >= 0.6 is 11.3 Å². The second-order valence-corrected chi connectivity index (χ2v) is 11.5. The molecule has 4 aromatic rings. The first-order chi connectivity index (χ1) is 19.2. The van der Waals surface area contributed by atoms with E-state index in [4.69, 9.17) is 4.74 Å². The van der Waals surface area contributed by atoms with Gasteiger partial charge in [0.1, 0.15) is 4.88 Å². The van der Waals surface area contributed by atoms with E-state index in [0.717, 1.165) is 64.6 Å². The summed E-state index contributed by atoms with van der Waals surface area (Å²) in [6, 6.07) is 15.9. The molecule has 1 aliphatic heterocycles. The van der Waals surface area contributed by atoms with Gasteiger partial charge in [-0.15, -0.1) is 11.3 Å². The van der Waals surface area contributed by atoms with E-state index in [9.17, 15) is 9.59 Å². The van der Waals surface area contributed by atoms with Crippen molar-refractivity contribution in [2.75, 3.05) is 45.2 Å². The van der Waals surface area contributed by atoms with Crippen LogP contribution in [0, 0.1) is 6.92 Å². The van der Waals surface area contributed by atoms with Crippen molar-refractivity contribution in [2.24, 2.45) is 7.05 Å². The summed E-state index contributed by atoms with van der Waals surface area (Å²) < 4.78 is 6.67. The van der Waals surface area contributed by atoms with Crippen molar-refractivity contribution >= 4 is 28.9 Å². The van der Waals surface area contributed by atoms with Gasteiger partial charge in [-0.05, 0) is 85.6 Å². The second kappa shape index (κ2) is 11.7. The van der Waals surface area contributed by atoms with Crippen LogP contribution < -0.4 is 10.2 Å². The number of aromatic nitrogens is 2. The molecule has 40 heavy (non-hydrogen) atoms. The van der Waals surface area contributed by atoms with Crippen LogP contribution in [0.2, 0.25) is 0 Å². The highest BCUT2D eigenvalue weighted by Crippen LogP contribution is 2.34. The van der Waals surface area contributed by atoms with E-state index >= 15 is 0 Å². The SMILES string of the molecule is COC(=O)c1ccc(-c2cc(-c3cnn(C)c3)cc([C@@H](C)NC(=O)c3cc(N4CCN(C)CC4)ccc3C)c2)s1. The largest absolute Gasteiger partial charge is 0.465 e. The highest BCUT2D eigenvalue weighted by atomic mass is 32.1. The van der Waals surface area contributed by atoms with Gasteiger partial charge in [-0.25, -0.2) is 4.79 Å². The molecular weight excluding hydrogens is 522 g/mol. The molecule has 0 aliphatic carbocycles. The first-order valence-corrected chi connectivity index (χ1v) is 14.2. The second-order valence-electron chi connectivity index (χ2n) is 10.4. The van der Waals surface area contributed by atoms with Crippen LogP contribution in [0.5, 0.6) is 0 Å². The molecule has 1 N–H and O–H groups in total. The monoisotopic (exact) mass is 557 g/mol. The number of thiophene rings is 1. The van der Waals surface area contributed by atoms with E-state index < -0.39 is 0 Å². The van der Waals surface area contributed by atoms with E-state index in [1.54, 1.807) is 10.7 Å². The van der Waals surface area contributed by atoms with E-state index in [0.29, 0.717) is 10.4 Å². The van der Waals surface area contributed by atoms with Crippen molar-refractivity contribution in [2.45, 2.75) is 19.9 Å². The van der Waals surface area contributed by atoms with Gasteiger partial charge in [-0.2, -0.15) is 5.10 Å². The number of hydrogen-bond acceptors (Lipinski definition) is 7. The number of nitrogens with zero attached hydrogens (tertiary/aromatic N) is 4. The quantitative estimate of drug-likeness (QED) is 0.317. The van der Waals surface area contributed by atoms with Gasteiger partial charge in [0.15, 0.2) is 0 Å². The standard InChI is InChI=1S/C31H35N5O3S/c1-20-6-7-26(36-12-10-34(3)11-13-36)17-27(20)30(37)33-21(2)22-14-23(25-18-32-35(4)19-25)16-24(15-22)28-8-9-29(40-28)31(38)39-5/h6-9,14-19,21H,10-13H2,1-5H3,(H,33,37)/t21-/m1/s1. The number of carbonyl (C=O) groups is 2. The van der Waals surface area contributed by atoms with E-state index in [-0.39, 0.29) is 17.9 Å². The van der Waals surface area contributed by atoms with E-state index in [1.165, 1.54) is 18.4 Å².